The van der Waals surface area contributed by atoms with E-state index in [4.69, 9.17) is 0 Å². The van der Waals surface area contributed by atoms with Crippen molar-refractivity contribution in [2.75, 3.05) is 17.7 Å². The lowest BCUT2D eigenvalue weighted by Gasteiger charge is -2.32. The molecule has 0 amide bonds. The summed E-state index contributed by atoms with van der Waals surface area (Å²) in [5.41, 5.74) is -0.358. The molecule has 1 aliphatic heterocycles. The van der Waals surface area contributed by atoms with E-state index >= 15 is 0 Å². The Bertz CT molecular complexity index is 771. The number of nitrogens with one attached hydrogen (secondary N) is 1. The topological polar surface area (TPSA) is 94.2 Å². The van der Waals surface area contributed by atoms with Crippen molar-refractivity contribution in [3.63, 3.8) is 0 Å². The molecule has 1 saturated heterocycles. The first-order valence-electron chi connectivity index (χ1n) is 8.61. The van der Waals surface area contributed by atoms with Crippen LogP contribution in [0.4, 0.5) is 19.0 Å². The number of aliphatic hydroxyl groups excluding tert-OH is 1. The van der Waals surface area contributed by atoms with Crippen LogP contribution in [0.3, 0.4) is 0 Å². The third-order valence-corrected chi connectivity index (χ3v) is 6.31. The Labute approximate surface area is 157 Å². The molecular weight excluding hydrogens is 383 g/mol. The Morgan fingerprint density at radius 3 is 2.74 bits per heavy atom. The van der Waals surface area contributed by atoms with E-state index in [1.54, 1.807) is 18.1 Å². The van der Waals surface area contributed by atoms with Gasteiger partial charge in [-0.2, -0.15) is 23.5 Å². The van der Waals surface area contributed by atoms with Gasteiger partial charge in [0.1, 0.15) is 24.1 Å². The molecule has 1 aromatic heterocycles. The highest BCUT2D eigenvalue weighted by Crippen LogP contribution is 2.37. The molecule has 4 atom stereocenters. The molecule has 1 saturated carbocycles. The first-order valence-corrected chi connectivity index (χ1v) is 10.2. The molecule has 1 aliphatic carbocycles. The summed E-state index contributed by atoms with van der Waals surface area (Å²) >= 11 is 0. The number of hydrogen-bond donors (Lipinski definition) is 2. The molecule has 150 valence electrons. The molecule has 0 bridgehead atoms. The Balaban J connectivity index is 1.89. The molecule has 11 heteroatoms. The van der Waals surface area contributed by atoms with Crippen LogP contribution in [0.1, 0.15) is 25.0 Å². The van der Waals surface area contributed by atoms with Crippen LogP contribution in [-0.4, -0.2) is 61.1 Å². The number of rotatable bonds is 6. The third kappa shape index (κ3) is 4.44. The van der Waals surface area contributed by atoms with Crippen molar-refractivity contribution in [2.24, 2.45) is 0 Å². The van der Waals surface area contributed by atoms with Crippen molar-refractivity contribution in [1.82, 2.24) is 15.1 Å². The molecule has 0 aromatic carbocycles. The van der Waals surface area contributed by atoms with E-state index in [0.717, 1.165) is 4.68 Å². The SMILES string of the molecule is Cc1cc(N2CC(S(C)=O)CC2C(O)NC2(C#N)CC2)n(CC(F)(F)F)n1. The average molecular weight is 405 g/mol. The summed E-state index contributed by atoms with van der Waals surface area (Å²) in [7, 11) is -1.20. The van der Waals surface area contributed by atoms with Gasteiger partial charge >= 0.3 is 6.18 Å². The number of aromatic nitrogens is 2. The highest BCUT2D eigenvalue weighted by atomic mass is 32.2. The van der Waals surface area contributed by atoms with E-state index < -0.39 is 41.3 Å². The van der Waals surface area contributed by atoms with Gasteiger partial charge in [-0.1, -0.05) is 0 Å². The standard InChI is InChI=1S/C16H22F3N5O2S/c1-10-5-13(24(22-10)9-16(17,18)19)23-7-11(27(2)26)6-12(23)14(25)21-15(8-20)3-4-15/h5,11-12,14,21,25H,3-4,6-7,9H2,1-2H3. The zero-order chi connectivity index (χ0) is 20.0. The van der Waals surface area contributed by atoms with Crippen molar-refractivity contribution in [2.45, 2.75) is 62.0 Å². The minimum Gasteiger partial charge on any atom is -0.376 e. The van der Waals surface area contributed by atoms with Gasteiger partial charge in [0, 0.05) is 29.7 Å². The maximum atomic E-state index is 12.9. The zero-order valence-corrected chi connectivity index (χ0v) is 15.8. The molecule has 2 N–H and O–H groups in total. The van der Waals surface area contributed by atoms with Gasteiger partial charge in [0.05, 0.1) is 23.1 Å². The van der Waals surface area contributed by atoms with Gasteiger partial charge in [0.15, 0.2) is 0 Å². The lowest BCUT2D eigenvalue weighted by Crippen LogP contribution is -2.51. The molecule has 2 heterocycles. The molecule has 7 nitrogen and oxygen atoms in total. The maximum Gasteiger partial charge on any atom is 0.408 e. The number of nitrogens with zero attached hydrogens (tertiary/aromatic N) is 4. The van der Waals surface area contributed by atoms with Crippen LogP contribution in [0.5, 0.6) is 0 Å². The Hall–Kier alpha value is -1.64. The summed E-state index contributed by atoms with van der Waals surface area (Å²) in [6.45, 7) is 0.598. The van der Waals surface area contributed by atoms with Crippen molar-refractivity contribution >= 4 is 16.6 Å². The second-order valence-corrected chi connectivity index (χ2v) is 8.94. The van der Waals surface area contributed by atoms with E-state index in [0.29, 0.717) is 25.0 Å². The van der Waals surface area contributed by atoms with Crippen LogP contribution in [0, 0.1) is 18.3 Å². The zero-order valence-electron chi connectivity index (χ0n) is 15.0. The van der Waals surface area contributed by atoms with Gasteiger partial charge < -0.3 is 10.0 Å². The molecule has 1 aromatic rings. The second-order valence-electron chi connectivity index (χ2n) is 7.28. The molecule has 4 unspecified atom stereocenters. The first kappa shape index (κ1) is 20.1. The molecule has 3 rings (SSSR count). The fraction of sp³-hybridized carbons (Fsp3) is 0.750. The summed E-state index contributed by atoms with van der Waals surface area (Å²) in [4.78, 5) is 1.63. The average Bonchev–Trinajstić information content (AvgIpc) is 3.02. The van der Waals surface area contributed by atoms with Gasteiger partial charge in [-0.25, -0.2) is 4.68 Å². The number of aliphatic hydroxyl groups is 1. The largest absolute Gasteiger partial charge is 0.408 e. The predicted molar refractivity (Wildman–Crippen MR) is 93.3 cm³/mol. The van der Waals surface area contributed by atoms with E-state index in [9.17, 15) is 27.7 Å². The summed E-state index contributed by atoms with van der Waals surface area (Å²) in [5.74, 6) is 0.227. The smallest absolute Gasteiger partial charge is 0.376 e. The molecule has 0 spiro atoms. The maximum absolute atomic E-state index is 12.9. The first-order chi connectivity index (χ1) is 12.5. The highest BCUT2D eigenvalue weighted by Gasteiger charge is 2.48. The van der Waals surface area contributed by atoms with Crippen LogP contribution in [-0.2, 0) is 17.3 Å². The summed E-state index contributed by atoms with van der Waals surface area (Å²) in [6.07, 6.45) is -2.46. The monoisotopic (exact) mass is 405 g/mol. The number of aryl methyl sites for hydroxylation is 1. The van der Waals surface area contributed by atoms with Gasteiger partial charge in [0.2, 0.25) is 0 Å². The van der Waals surface area contributed by atoms with Gasteiger partial charge in [0.25, 0.3) is 0 Å². The van der Waals surface area contributed by atoms with Gasteiger partial charge in [-0.3, -0.25) is 9.53 Å². The molecule has 2 fully saturated rings. The number of anilines is 1. The number of nitriles is 1. The number of hydrogen-bond acceptors (Lipinski definition) is 6. The second kappa shape index (κ2) is 7.07. The quantitative estimate of drug-likeness (QED) is 0.687. The van der Waals surface area contributed by atoms with Crippen LogP contribution in [0.25, 0.3) is 0 Å². The fourth-order valence-corrected chi connectivity index (χ4v) is 4.31. The predicted octanol–water partition coefficient (Wildman–Crippen LogP) is 1.04. The van der Waals surface area contributed by atoms with Crippen LogP contribution in [0.2, 0.25) is 0 Å². The van der Waals surface area contributed by atoms with Crippen LogP contribution < -0.4 is 10.2 Å². The van der Waals surface area contributed by atoms with Gasteiger partial charge in [-0.05, 0) is 26.2 Å². The number of halogens is 3. The highest BCUT2D eigenvalue weighted by molar-refractivity contribution is 7.84. The third-order valence-electron chi connectivity index (χ3n) is 5.03. The van der Waals surface area contributed by atoms with Crippen LogP contribution in [0.15, 0.2) is 6.07 Å². The molecular formula is C16H22F3N5O2S. The van der Waals surface area contributed by atoms with E-state index in [-0.39, 0.29) is 17.6 Å². The Morgan fingerprint density at radius 1 is 1.56 bits per heavy atom. The van der Waals surface area contributed by atoms with E-state index in [1.807, 2.05) is 0 Å². The normalized spacial score (nSPS) is 26.6. The van der Waals surface area contributed by atoms with Crippen molar-refractivity contribution in [1.29, 1.82) is 5.26 Å². The minimum absolute atomic E-state index is 0.227. The summed E-state index contributed by atoms with van der Waals surface area (Å²) < 4.78 is 51.6. The molecule has 0 radical (unpaired) electrons. The number of alkyl halides is 3. The lowest BCUT2D eigenvalue weighted by atomic mass is 10.1. The fourth-order valence-electron chi connectivity index (χ4n) is 3.47. The Morgan fingerprint density at radius 2 is 2.22 bits per heavy atom. The minimum atomic E-state index is -4.44. The molecule has 27 heavy (non-hydrogen) atoms. The summed E-state index contributed by atoms with van der Waals surface area (Å²) in [5, 5.41) is 26.4. The summed E-state index contributed by atoms with van der Waals surface area (Å²) in [6, 6.07) is 3.05. The Kier molecular flexibility index (Phi) is 5.26. The van der Waals surface area contributed by atoms with Crippen LogP contribution >= 0.6 is 0 Å². The van der Waals surface area contributed by atoms with E-state index in [1.165, 1.54) is 6.07 Å². The van der Waals surface area contributed by atoms with Crippen molar-refractivity contribution < 1.29 is 22.5 Å². The van der Waals surface area contributed by atoms with Crippen molar-refractivity contribution in [3.05, 3.63) is 11.8 Å². The van der Waals surface area contributed by atoms with Crippen molar-refractivity contribution in [3.8, 4) is 6.07 Å². The molecule has 2 aliphatic rings. The lowest BCUT2D eigenvalue weighted by molar-refractivity contribution is -0.142. The van der Waals surface area contributed by atoms with E-state index in [2.05, 4.69) is 16.5 Å². The van der Waals surface area contributed by atoms with Gasteiger partial charge in [-0.15, -0.1) is 0 Å².